The Morgan fingerprint density at radius 1 is 1.07 bits per heavy atom. The van der Waals surface area contributed by atoms with E-state index in [0.29, 0.717) is 12.1 Å². The zero-order valence-corrected chi connectivity index (χ0v) is 15.2. The molecule has 0 saturated carbocycles. The van der Waals surface area contributed by atoms with Crippen molar-refractivity contribution in [1.82, 2.24) is 0 Å². The lowest BCUT2D eigenvalue weighted by Crippen LogP contribution is -2.47. The number of benzene rings is 2. The van der Waals surface area contributed by atoms with Crippen LogP contribution in [-0.4, -0.2) is 35.2 Å². The molecule has 4 rings (SSSR count). The molecule has 0 bridgehead atoms. The Hall–Kier alpha value is -2.47. The lowest BCUT2D eigenvalue weighted by Gasteiger charge is -2.29. The van der Waals surface area contributed by atoms with Gasteiger partial charge >= 0.3 is 6.61 Å². The van der Waals surface area contributed by atoms with E-state index in [0.717, 1.165) is 42.9 Å². The highest BCUT2D eigenvalue weighted by Gasteiger charge is 2.54. The highest BCUT2D eigenvalue weighted by Crippen LogP contribution is 2.38. The first-order valence-corrected chi connectivity index (χ1v) is 9.23. The minimum absolute atomic E-state index is 0.0857. The number of nitrogens with zero attached hydrogens (tertiary/aromatic N) is 2. The van der Waals surface area contributed by atoms with Crippen molar-refractivity contribution in [2.45, 2.75) is 38.5 Å². The molecule has 0 spiro atoms. The number of amidine groups is 1. The van der Waals surface area contributed by atoms with Crippen molar-refractivity contribution in [2.75, 3.05) is 18.0 Å². The molecule has 2 aromatic rings. The van der Waals surface area contributed by atoms with Gasteiger partial charge < -0.3 is 9.84 Å². The number of aliphatic hydroxyl groups is 1. The molecule has 4 nitrogen and oxygen atoms in total. The largest absolute Gasteiger partial charge is 0.435 e. The average molecular weight is 373 g/mol. The molecule has 1 N–H and O–H groups in total. The molecule has 2 aliphatic rings. The molecule has 2 aliphatic heterocycles. The van der Waals surface area contributed by atoms with Crippen LogP contribution in [0, 0.1) is 6.92 Å². The zero-order valence-electron chi connectivity index (χ0n) is 15.2. The fourth-order valence-electron chi connectivity index (χ4n) is 4.03. The van der Waals surface area contributed by atoms with Gasteiger partial charge in [-0.25, -0.2) is 0 Å². The molecular weight excluding hydrogens is 350 g/mol. The van der Waals surface area contributed by atoms with Gasteiger partial charge in [0.2, 0.25) is 0 Å². The molecule has 0 radical (unpaired) electrons. The van der Waals surface area contributed by atoms with E-state index < -0.39 is 12.3 Å². The summed E-state index contributed by atoms with van der Waals surface area (Å²) in [6, 6.07) is 14.4. The fourth-order valence-corrected chi connectivity index (χ4v) is 4.03. The van der Waals surface area contributed by atoms with Crippen LogP contribution < -0.4 is 9.64 Å². The summed E-state index contributed by atoms with van der Waals surface area (Å²) in [6.45, 7) is 0.526. The molecule has 1 unspecified atom stereocenters. The molecular formula is C21H23F2N2O2+. The van der Waals surface area contributed by atoms with Gasteiger partial charge in [0.15, 0.2) is 6.54 Å². The number of rotatable bonds is 4. The maximum atomic E-state index is 12.4. The van der Waals surface area contributed by atoms with E-state index >= 15 is 0 Å². The predicted octanol–water partition coefficient (Wildman–Crippen LogP) is 3.86. The van der Waals surface area contributed by atoms with Crippen molar-refractivity contribution < 1.29 is 23.2 Å². The van der Waals surface area contributed by atoms with Crippen LogP contribution in [0.25, 0.3) is 0 Å². The highest BCUT2D eigenvalue weighted by atomic mass is 19.3. The molecule has 0 aliphatic carbocycles. The lowest BCUT2D eigenvalue weighted by atomic mass is 10.00. The Labute approximate surface area is 157 Å². The van der Waals surface area contributed by atoms with Crippen LogP contribution in [0.1, 0.15) is 30.4 Å². The monoisotopic (exact) mass is 373 g/mol. The molecule has 6 heteroatoms. The second kappa shape index (κ2) is 6.93. The zero-order chi connectivity index (χ0) is 19.0. The van der Waals surface area contributed by atoms with Gasteiger partial charge in [-0.2, -0.15) is 13.7 Å². The van der Waals surface area contributed by atoms with E-state index in [1.807, 2.05) is 36.1 Å². The molecule has 27 heavy (non-hydrogen) atoms. The van der Waals surface area contributed by atoms with Gasteiger partial charge in [-0.1, -0.05) is 17.7 Å². The van der Waals surface area contributed by atoms with Crippen molar-refractivity contribution >= 4 is 11.5 Å². The third kappa shape index (κ3) is 3.30. The van der Waals surface area contributed by atoms with Gasteiger partial charge in [0.05, 0.1) is 6.54 Å². The van der Waals surface area contributed by atoms with E-state index in [1.165, 1.54) is 12.1 Å². The Bertz CT molecular complexity index is 849. The Kier molecular flexibility index (Phi) is 4.60. The van der Waals surface area contributed by atoms with Crippen LogP contribution in [0.2, 0.25) is 0 Å². The molecule has 142 valence electrons. The SMILES string of the molecule is Cc1ccc(N2C3=[N+](CCCC3)CC2(O)c2ccc(OC(F)F)cc2)cc1. The smallest absolute Gasteiger partial charge is 0.387 e. The first-order valence-electron chi connectivity index (χ1n) is 9.23. The van der Waals surface area contributed by atoms with Crippen molar-refractivity contribution in [3.8, 4) is 5.75 Å². The summed E-state index contributed by atoms with van der Waals surface area (Å²) in [4.78, 5) is 1.99. The number of hydrogen-bond donors (Lipinski definition) is 1. The van der Waals surface area contributed by atoms with Crippen molar-refractivity contribution in [2.24, 2.45) is 0 Å². The second-order valence-electron chi connectivity index (χ2n) is 7.19. The molecule has 2 aromatic carbocycles. The summed E-state index contributed by atoms with van der Waals surface area (Å²) in [5, 5.41) is 11.7. The molecule has 0 fully saturated rings. The van der Waals surface area contributed by atoms with E-state index in [-0.39, 0.29) is 5.75 Å². The topological polar surface area (TPSA) is 35.7 Å². The molecule has 1 atom stereocenters. The van der Waals surface area contributed by atoms with Gasteiger partial charge in [-0.3, -0.25) is 4.58 Å². The van der Waals surface area contributed by atoms with Crippen LogP contribution in [-0.2, 0) is 5.72 Å². The normalized spacial score (nSPS) is 22.3. The maximum Gasteiger partial charge on any atom is 0.387 e. The lowest BCUT2D eigenvalue weighted by molar-refractivity contribution is -0.538. The third-order valence-corrected chi connectivity index (χ3v) is 5.32. The average Bonchev–Trinajstić information content (AvgIpc) is 2.96. The van der Waals surface area contributed by atoms with Crippen LogP contribution in [0.5, 0.6) is 5.75 Å². The van der Waals surface area contributed by atoms with Crippen LogP contribution >= 0.6 is 0 Å². The van der Waals surface area contributed by atoms with E-state index in [4.69, 9.17) is 0 Å². The number of halogens is 2. The highest BCUT2D eigenvalue weighted by molar-refractivity contribution is 5.97. The molecule has 0 amide bonds. The van der Waals surface area contributed by atoms with Gasteiger partial charge in [0.1, 0.15) is 11.4 Å². The summed E-state index contributed by atoms with van der Waals surface area (Å²) in [6.07, 6.45) is 3.09. The van der Waals surface area contributed by atoms with Gasteiger partial charge in [0.25, 0.3) is 11.6 Å². The van der Waals surface area contributed by atoms with Gasteiger partial charge in [-0.05, 0) is 56.2 Å². The summed E-state index contributed by atoms with van der Waals surface area (Å²) < 4.78 is 31.5. The van der Waals surface area contributed by atoms with E-state index in [2.05, 4.69) is 9.31 Å². The first-order chi connectivity index (χ1) is 13.0. The predicted molar refractivity (Wildman–Crippen MR) is 99.5 cm³/mol. The van der Waals surface area contributed by atoms with Crippen LogP contribution in [0.15, 0.2) is 48.5 Å². The number of hydrogen-bond acceptors (Lipinski definition) is 3. The van der Waals surface area contributed by atoms with Crippen LogP contribution in [0.4, 0.5) is 14.5 Å². The van der Waals surface area contributed by atoms with Crippen molar-refractivity contribution in [3.63, 3.8) is 0 Å². The van der Waals surface area contributed by atoms with E-state index in [9.17, 15) is 13.9 Å². The quantitative estimate of drug-likeness (QED) is 0.827. The Morgan fingerprint density at radius 3 is 2.44 bits per heavy atom. The Balaban J connectivity index is 1.74. The van der Waals surface area contributed by atoms with Crippen LogP contribution in [0.3, 0.4) is 0 Å². The fraction of sp³-hybridized carbons (Fsp3) is 0.381. The van der Waals surface area contributed by atoms with E-state index in [1.54, 1.807) is 12.1 Å². The van der Waals surface area contributed by atoms with Crippen molar-refractivity contribution in [3.05, 3.63) is 59.7 Å². The first kappa shape index (κ1) is 17.9. The van der Waals surface area contributed by atoms with Crippen molar-refractivity contribution in [1.29, 1.82) is 0 Å². The number of anilines is 1. The molecule has 0 saturated heterocycles. The van der Waals surface area contributed by atoms with Gasteiger partial charge in [0, 0.05) is 12.0 Å². The number of aryl methyl sites for hydroxylation is 1. The summed E-state index contributed by atoms with van der Waals surface area (Å²) in [7, 11) is 0. The standard InChI is InChI=1S/C21H23F2N2O2/c1-15-5-9-17(10-6-15)25-19-4-2-3-13-24(19)14-21(25,26)16-7-11-18(12-8-16)27-20(22)23/h5-12,20,26H,2-4,13-14H2,1H3/q+1. The molecule has 0 aromatic heterocycles. The number of alkyl halides is 2. The summed E-state index contributed by atoms with van der Waals surface area (Å²) in [5.74, 6) is 1.20. The number of ether oxygens (including phenoxy) is 1. The minimum Gasteiger partial charge on any atom is -0.435 e. The summed E-state index contributed by atoms with van der Waals surface area (Å²) in [5.41, 5.74) is 1.49. The molecule has 2 heterocycles. The second-order valence-corrected chi connectivity index (χ2v) is 7.19. The maximum absolute atomic E-state index is 12.4. The third-order valence-electron chi connectivity index (χ3n) is 5.32. The minimum atomic E-state index is -2.86. The summed E-state index contributed by atoms with van der Waals surface area (Å²) >= 11 is 0. The van der Waals surface area contributed by atoms with Gasteiger partial charge in [-0.15, -0.1) is 0 Å². The Morgan fingerprint density at radius 2 is 1.78 bits per heavy atom.